The van der Waals surface area contributed by atoms with E-state index in [1.807, 2.05) is 0 Å². The molecule has 3 rings (SSSR count). The van der Waals surface area contributed by atoms with Gasteiger partial charge < -0.3 is 20.1 Å². The van der Waals surface area contributed by atoms with Gasteiger partial charge in [0.2, 0.25) is 6.41 Å². The number of benzene rings is 2. The molecule has 2 aromatic carbocycles. The average molecular weight is 392 g/mol. The van der Waals surface area contributed by atoms with Crippen molar-refractivity contribution < 1.29 is 27.4 Å². The fraction of sp³-hybridized carbons (Fsp3) is 0.167. The molecule has 0 saturated heterocycles. The first-order valence-corrected chi connectivity index (χ1v) is 7.99. The van der Waals surface area contributed by atoms with E-state index < -0.39 is 12.8 Å². The highest BCUT2D eigenvalue weighted by Gasteiger charge is 2.29. The molecule has 1 aromatic heterocycles. The molecule has 2 N–H and O–H groups in total. The summed E-state index contributed by atoms with van der Waals surface area (Å²) in [6.45, 7) is -1.44. The van der Waals surface area contributed by atoms with E-state index in [0.717, 1.165) is 0 Å². The van der Waals surface area contributed by atoms with Crippen molar-refractivity contribution in [2.45, 2.75) is 6.18 Å². The number of anilines is 3. The number of carbonyl (C=O) groups excluding carboxylic acids is 1. The smallest absolute Gasteiger partial charge is 0.422 e. The second kappa shape index (κ2) is 7.99. The predicted octanol–water partition coefficient (Wildman–Crippen LogP) is 3.89. The number of carbonyl (C=O) groups is 1. The number of ether oxygens (including phenoxy) is 2. The van der Waals surface area contributed by atoms with Gasteiger partial charge in [-0.25, -0.2) is 9.97 Å². The molecule has 0 aliphatic rings. The quantitative estimate of drug-likeness (QED) is 0.594. The van der Waals surface area contributed by atoms with E-state index in [1.54, 1.807) is 24.3 Å². The first kappa shape index (κ1) is 19.2. The third-order valence-corrected chi connectivity index (χ3v) is 3.69. The number of methoxy groups -OCH3 is 1. The summed E-state index contributed by atoms with van der Waals surface area (Å²) in [5.41, 5.74) is 1.70. The largest absolute Gasteiger partial charge is 0.493 e. The highest BCUT2D eigenvalue weighted by atomic mass is 19.4. The maximum atomic E-state index is 12.4. The van der Waals surface area contributed by atoms with Crippen LogP contribution in [-0.2, 0) is 4.79 Å². The standard InChI is InChI=1S/C18H15F3N4O3/c1-27-15-6-13-14(7-16(15)28-8-18(19,20)21)22-9-23-17(13)25-12-4-2-11(3-5-12)24-10-26/h2-7,9-10H,8H2,1H3,(H,24,26)(H,22,23,25). The van der Waals surface area contributed by atoms with Gasteiger partial charge in [0, 0.05) is 22.8 Å². The lowest BCUT2D eigenvalue weighted by molar-refractivity contribution is -0.153. The van der Waals surface area contributed by atoms with Crippen LogP contribution in [0.25, 0.3) is 10.9 Å². The van der Waals surface area contributed by atoms with Crippen LogP contribution in [0, 0.1) is 0 Å². The monoisotopic (exact) mass is 392 g/mol. The van der Waals surface area contributed by atoms with Crippen molar-refractivity contribution in [2.24, 2.45) is 0 Å². The number of fused-ring (bicyclic) bond motifs is 1. The number of alkyl halides is 3. The van der Waals surface area contributed by atoms with Crippen molar-refractivity contribution in [1.29, 1.82) is 0 Å². The summed E-state index contributed by atoms with van der Waals surface area (Å²) in [6.07, 6.45) is -2.61. The van der Waals surface area contributed by atoms with Crippen LogP contribution in [0.1, 0.15) is 0 Å². The van der Waals surface area contributed by atoms with Crippen molar-refractivity contribution in [3.05, 3.63) is 42.7 Å². The van der Waals surface area contributed by atoms with Crippen molar-refractivity contribution in [2.75, 3.05) is 24.4 Å². The van der Waals surface area contributed by atoms with E-state index in [1.165, 1.54) is 25.6 Å². The maximum Gasteiger partial charge on any atom is 0.422 e. The fourth-order valence-electron chi connectivity index (χ4n) is 2.45. The molecule has 0 aliphatic carbocycles. The summed E-state index contributed by atoms with van der Waals surface area (Å²) in [7, 11) is 1.33. The fourth-order valence-corrected chi connectivity index (χ4v) is 2.45. The molecule has 3 aromatic rings. The SMILES string of the molecule is COc1cc2c(Nc3ccc(NC=O)cc3)ncnc2cc1OCC(F)(F)F. The maximum absolute atomic E-state index is 12.4. The number of hydrogen-bond acceptors (Lipinski definition) is 6. The van der Waals surface area contributed by atoms with Crippen LogP contribution in [0.2, 0.25) is 0 Å². The zero-order chi connectivity index (χ0) is 20.1. The molecule has 0 unspecified atom stereocenters. The molecule has 28 heavy (non-hydrogen) atoms. The van der Waals surface area contributed by atoms with E-state index >= 15 is 0 Å². The summed E-state index contributed by atoms with van der Waals surface area (Å²) in [6, 6.07) is 9.73. The minimum absolute atomic E-state index is 0.0683. The summed E-state index contributed by atoms with van der Waals surface area (Å²) in [4.78, 5) is 18.7. The van der Waals surface area contributed by atoms with Gasteiger partial charge in [0.05, 0.1) is 12.6 Å². The Morgan fingerprint density at radius 2 is 1.79 bits per heavy atom. The normalized spacial score (nSPS) is 11.1. The summed E-state index contributed by atoms with van der Waals surface area (Å²) in [5.74, 6) is 0.489. The molecule has 0 spiro atoms. The zero-order valence-corrected chi connectivity index (χ0v) is 14.6. The average Bonchev–Trinajstić information content (AvgIpc) is 2.67. The highest BCUT2D eigenvalue weighted by Crippen LogP contribution is 2.35. The van der Waals surface area contributed by atoms with Crippen LogP contribution in [0.3, 0.4) is 0 Å². The molecule has 146 valence electrons. The minimum atomic E-state index is -4.47. The molecule has 0 aliphatic heterocycles. The highest BCUT2D eigenvalue weighted by molar-refractivity contribution is 5.93. The number of rotatable bonds is 7. The molecule has 0 bridgehead atoms. The van der Waals surface area contributed by atoms with E-state index in [9.17, 15) is 18.0 Å². The van der Waals surface area contributed by atoms with Gasteiger partial charge in [-0.05, 0) is 30.3 Å². The second-order valence-electron chi connectivity index (χ2n) is 5.61. The second-order valence-corrected chi connectivity index (χ2v) is 5.61. The van der Waals surface area contributed by atoms with E-state index in [-0.39, 0.29) is 11.5 Å². The Kier molecular flexibility index (Phi) is 5.48. The molecule has 0 radical (unpaired) electrons. The molecule has 7 nitrogen and oxygen atoms in total. The van der Waals surface area contributed by atoms with Gasteiger partial charge in [0.15, 0.2) is 18.1 Å². The Bertz CT molecular complexity index is 978. The first-order valence-electron chi connectivity index (χ1n) is 7.99. The predicted molar refractivity (Wildman–Crippen MR) is 97.1 cm³/mol. The Balaban J connectivity index is 1.92. The van der Waals surface area contributed by atoms with Gasteiger partial charge in [-0.15, -0.1) is 0 Å². The zero-order valence-electron chi connectivity index (χ0n) is 14.6. The van der Waals surface area contributed by atoms with Crippen LogP contribution >= 0.6 is 0 Å². The molecule has 1 amide bonds. The molecule has 1 heterocycles. The summed E-state index contributed by atoms with van der Waals surface area (Å²) >= 11 is 0. The van der Waals surface area contributed by atoms with E-state index in [4.69, 9.17) is 9.47 Å². The van der Waals surface area contributed by atoms with Crippen LogP contribution in [0.15, 0.2) is 42.7 Å². The number of aromatic nitrogens is 2. The summed E-state index contributed by atoms with van der Waals surface area (Å²) in [5, 5.41) is 6.16. The van der Waals surface area contributed by atoms with Crippen LogP contribution < -0.4 is 20.1 Å². The lowest BCUT2D eigenvalue weighted by Gasteiger charge is -2.14. The number of nitrogens with zero attached hydrogens (tertiary/aromatic N) is 2. The Hall–Kier alpha value is -3.56. The number of amides is 1. The van der Waals surface area contributed by atoms with Crippen LogP contribution in [0.4, 0.5) is 30.4 Å². The third kappa shape index (κ3) is 4.58. The third-order valence-electron chi connectivity index (χ3n) is 3.69. The van der Waals surface area contributed by atoms with E-state index in [2.05, 4.69) is 20.6 Å². The molecular formula is C18H15F3N4O3. The van der Waals surface area contributed by atoms with Gasteiger partial charge in [-0.1, -0.05) is 0 Å². The van der Waals surface area contributed by atoms with Crippen molar-refractivity contribution >= 4 is 34.5 Å². The van der Waals surface area contributed by atoms with Gasteiger partial charge in [-0.3, -0.25) is 4.79 Å². The minimum Gasteiger partial charge on any atom is -0.493 e. The topological polar surface area (TPSA) is 85.4 Å². The Morgan fingerprint density at radius 3 is 2.43 bits per heavy atom. The Labute approximate surface area is 157 Å². The van der Waals surface area contributed by atoms with Crippen LogP contribution in [-0.4, -0.2) is 36.3 Å². The molecule has 0 fully saturated rings. The lowest BCUT2D eigenvalue weighted by Crippen LogP contribution is -2.19. The van der Waals surface area contributed by atoms with Gasteiger partial charge in [-0.2, -0.15) is 13.2 Å². The van der Waals surface area contributed by atoms with Crippen molar-refractivity contribution in [3.63, 3.8) is 0 Å². The van der Waals surface area contributed by atoms with Gasteiger partial charge in [0.1, 0.15) is 12.1 Å². The van der Waals surface area contributed by atoms with Gasteiger partial charge >= 0.3 is 6.18 Å². The molecular weight excluding hydrogens is 377 g/mol. The van der Waals surface area contributed by atoms with Crippen molar-refractivity contribution in [3.8, 4) is 11.5 Å². The lowest BCUT2D eigenvalue weighted by atomic mass is 10.2. The number of hydrogen-bond donors (Lipinski definition) is 2. The van der Waals surface area contributed by atoms with Crippen LogP contribution in [0.5, 0.6) is 11.5 Å². The van der Waals surface area contributed by atoms with Gasteiger partial charge in [0.25, 0.3) is 0 Å². The van der Waals surface area contributed by atoms with E-state index in [0.29, 0.717) is 34.5 Å². The van der Waals surface area contributed by atoms with Crippen molar-refractivity contribution in [1.82, 2.24) is 9.97 Å². The summed E-state index contributed by atoms with van der Waals surface area (Å²) < 4.78 is 47.3. The molecule has 10 heteroatoms. The molecule has 0 atom stereocenters. The number of halogens is 3. The Morgan fingerprint density at radius 1 is 1.07 bits per heavy atom. The number of nitrogens with one attached hydrogen (secondary N) is 2. The molecule has 0 saturated carbocycles. The first-order chi connectivity index (χ1) is 13.4.